The standard InChI is InChI=1S/C11H13N3OS2/c1-7-8(9(5-12)17-14-7)6-16-10-4-11(2,3)15-13-10/h4,6H2,1-3H3. The van der Waals surface area contributed by atoms with Crippen LogP contribution in [0.3, 0.4) is 0 Å². The van der Waals surface area contributed by atoms with Crippen LogP contribution in [0.15, 0.2) is 5.16 Å². The molecule has 0 N–H and O–H groups in total. The summed E-state index contributed by atoms with van der Waals surface area (Å²) in [5, 5.41) is 14.0. The zero-order chi connectivity index (χ0) is 12.5. The Morgan fingerprint density at radius 3 is 2.94 bits per heavy atom. The van der Waals surface area contributed by atoms with Crippen LogP contribution in [0.2, 0.25) is 0 Å². The van der Waals surface area contributed by atoms with Crippen LogP contribution in [0.1, 0.15) is 36.4 Å². The molecule has 0 aromatic carbocycles. The molecule has 0 spiro atoms. The minimum absolute atomic E-state index is 0.192. The van der Waals surface area contributed by atoms with E-state index in [1.165, 1.54) is 11.5 Å². The first kappa shape index (κ1) is 12.4. The van der Waals surface area contributed by atoms with E-state index in [0.29, 0.717) is 4.88 Å². The lowest BCUT2D eigenvalue weighted by molar-refractivity contribution is 0.0123. The van der Waals surface area contributed by atoms with Crippen LogP contribution in [0.25, 0.3) is 0 Å². The first-order chi connectivity index (χ1) is 8.02. The molecule has 2 heterocycles. The van der Waals surface area contributed by atoms with Gasteiger partial charge in [0.25, 0.3) is 0 Å². The number of nitriles is 1. The maximum atomic E-state index is 8.96. The van der Waals surface area contributed by atoms with Gasteiger partial charge in [-0.05, 0) is 32.3 Å². The fraction of sp³-hybridized carbons (Fsp3) is 0.545. The highest BCUT2D eigenvalue weighted by Gasteiger charge is 2.29. The van der Waals surface area contributed by atoms with E-state index >= 15 is 0 Å². The van der Waals surface area contributed by atoms with Crippen molar-refractivity contribution in [2.75, 3.05) is 0 Å². The van der Waals surface area contributed by atoms with Crippen LogP contribution >= 0.6 is 23.3 Å². The average molecular weight is 267 g/mol. The van der Waals surface area contributed by atoms with E-state index < -0.39 is 0 Å². The molecule has 90 valence electrons. The van der Waals surface area contributed by atoms with Crippen molar-refractivity contribution in [3.63, 3.8) is 0 Å². The quantitative estimate of drug-likeness (QED) is 0.826. The molecule has 1 aromatic heterocycles. The highest BCUT2D eigenvalue weighted by atomic mass is 32.2. The Kier molecular flexibility index (Phi) is 3.40. The molecule has 6 heteroatoms. The van der Waals surface area contributed by atoms with Crippen LogP contribution in [-0.4, -0.2) is 15.0 Å². The van der Waals surface area contributed by atoms with Gasteiger partial charge in [0.15, 0.2) is 0 Å². The monoisotopic (exact) mass is 267 g/mol. The van der Waals surface area contributed by atoms with Crippen LogP contribution in [-0.2, 0) is 10.6 Å². The Hall–Kier alpha value is -1.06. The van der Waals surface area contributed by atoms with Crippen molar-refractivity contribution in [2.45, 2.75) is 38.5 Å². The third-order valence-corrected chi connectivity index (χ3v) is 4.31. The van der Waals surface area contributed by atoms with Crippen molar-refractivity contribution < 1.29 is 4.84 Å². The minimum Gasteiger partial charge on any atom is -0.389 e. The summed E-state index contributed by atoms with van der Waals surface area (Å²) in [5.74, 6) is 0.740. The molecule has 17 heavy (non-hydrogen) atoms. The number of aromatic nitrogens is 1. The molecule has 1 aromatic rings. The van der Waals surface area contributed by atoms with E-state index in [4.69, 9.17) is 10.1 Å². The molecule has 1 aliphatic rings. The summed E-state index contributed by atoms with van der Waals surface area (Å²) in [6, 6.07) is 2.18. The molecule has 2 rings (SSSR count). The number of aryl methyl sites for hydroxylation is 1. The fourth-order valence-electron chi connectivity index (χ4n) is 1.48. The van der Waals surface area contributed by atoms with Gasteiger partial charge in [0, 0.05) is 17.7 Å². The molecule has 0 bridgehead atoms. The van der Waals surface area contributed by atoms with Gasteiger partial charge in [0.05, 0.1) is 5.69 Å². The second-order valence-corrected chi connectivity index (χ2v) is 6.31. The Labute approximate surface area is 109 Å². The van der Waals surface area contributed by atoms with Gasteiger partial charge in [-0.15, -0.1) is 11.8 Å². The molecule has 4 nitrogen and oxygen atoms in total. The molecule has 0 fully saturated rings. The van der Waals surface area contributed by atoms with E-state index in [0.717, 1.165) is 28.5 Å². The normalized spacial score (nSPS) is 17.4. The largest absolute Gasteiger partial charge is 0.389 e. The molecular formula is C11H13N3OS2. The Balaban J connectivity index is 2.00. The number of nitrogens with zero attached hydrogens (tertiary/aromatic N) is 3. The lowest BCUT2D eigenvalue weighted by Gasteiger charge is -2.12. The first-order valence-electron chi connectivity index (χ1n) is 5.25. The molecule has 0 aliphatic carbocycles. The zero-order valence-corrected chi connectivity index (χ0v) is 11.6. The summed E-state index contributed by atoms with van der Waals surface area (Å²) in [7, 11) is 0. The SMILES string of the molecule is Cc1nsc(C#N)c1CSC1=NOC(C)(C)C1. The van der Waals surface area contributed by atoms with Crippen molar-refractivity contribution in [3.05, 3.63) is 16.1 Å². The van der Waals surface area contributed by atoms with Gasteiger partial charge in [0.2, 0.25) is 0 Å². The number of rotatable bonds is 2. The van der Waals surface area contributed by atoms with Gasteiger partial charge in [-0.2, -0.15) is 9.64 Å². The summed E-state index contributed by atoms with van der Waals surface area (Å²) >= 11 is 2.89. The molecule has 0 atom stereocenters. The average Bonchev–Trinajstić information content (AvgIpc) is 2.79. The smallest absolute Gasteiger partial charge is 0.138 e. The molecule has 0 saturated heterocycles. The second-order valence-electron chi connectivity index (χ2n) is 4.49. The van der Waals surface area contributed by atoms with Gasteiger partial charge < -0.3 is 4.84 Å². The lowest BCUT2D eigenvalue weighted by atomic mass is 10.1. The maximum absolute atomic E-state index is 8.96. The summed E-state index contributed by atoms with van der Waals surface area (Å²) < 4.78 is 4.20. The second kappa shape index (κ2) is 4.67. The number of hydrogen-bond acceptors (Lipinski definition) is 6. The van der Waals surface area contributed by atoms with Crippen molar-refractivity contribution >= 4 is 28.3 Å². The van der Waals surface area contributed by atoms with Gasteiger partial charge in [-0.25, -0.2) is 0 Å². The molecular weight excluding hydrogens is 254 g/mol. The van der Waals surface area contributed by atoms with Crippen LogP contribution in [0.4, 0.5) is 0 Å². The van der Waals surface area contributed by atoms with E-state index in [2.05, 4.69) is 15.6 Å². The van der Waals surface area contributed by atoms with Gasteiger partial charge in [-0.1, -0.05) is 5.16 Å². The molecule has 1 aliphatic heterocycles. The highest BCUT2D eigenvalue weighted by molar-refractivity contribution is 8.13. The molecule has 0 saturated carbocycles. The van der Waals surface area contributed by atoms with Gasteiger partial charge in [-0.3, -0.25) is 0 Å². The van der Waals surface area contributed by atoms with E-state index in [9.17, 15) is 0 Å². The number of thioether (sulfide) groups is 1. The van der Waals surface area contributed by atoms with E-state index in [-0.39, 0.29) is 5.60 Å². The molecule has 0 amide bonds. The first-order valence-corrected chi connectivity index (χ1v) is 7.01. The zero-order valence-electron chi connectivity index (χ0n) is 9.98. The van der Waals surface area contributed by atoms with Crippen molar-refractivity contribution in [2.24, 2.45) is 5.16 Å². The maximum Gasteiger partial charge on any atom is 0.138 e. The Morgan fingerprint density at radius 2 is 2.35 bits per heavy atom. The van der Waals surface area contributed by atoms with Crippen molar-refractivity contribution in [1.82, 2.24) is 4.37 Å². The summed E-state index contributed by atoms with van der Waals surface area (Å²) in [4.78, 5) is 6.00. The third-order valence-electron chi connectivity index (χ3n) is 2.44. The molecule has 0 radical (unpaired) electrons. The Morgan fingerprint density at radius 1 is 1.59 bits per heavy atom. The number of hydrogen-bond donors (Lipinski definition) is 0. The Bertz CT molecular complexity index is 499. The van der Waals surface area contributed by atoms with Gasteiger partial charge >= 0.3 is 0 Å². The summed E-state index contributed by atoms with van der Waals surface area (Å²) in [6.07, 6.45) is 0.830. The highest BCUT2D eigenvalue weighted by Crippen LogP contribution is 2.31. The number of oxime groups is 1. The van der Waals surface area contributed by atoms with Crippen molar-refractivity contribution in [1.29, 1.82) is 5.26 Å². The van der Waals surface area contributed by atoms with Crippen molar-refractivity contribution in [3.8, 4) is 6.07 Å². The predicted octanol–water partition coefficient (Wildman–Crippen LogP) is 3.07. The fourth-order valence-corrected chi connectivity index (χ4v) is 3.49. The van der Waals surface area contributed by atoms with Crippen LogP contribution in [0, 0.1) is 18.3 Å². The van der Waals surface area contributed by atoms with Crippen LogP contribution in [0.5, 0.6) is 0 Å². The summed E-state index contributed by atoms with van der Waals surface area (Å²) in [6.45, 7) is 5.97. The summed E-state index contributed by atoms with van der Waals surface area (Å²) in [5.41, 5.74) is 1.77. The topological polar surface area (TPSA) is 58.3 Å². The predicted molar refractivity (Wildman–Crippen MR) is 70.1 cm³/mol. The minimum atomic E-state index is -0.192. The molecule has 0 unspecified atom stereocenters. The van der Waals surface area contributed by atoms with E-state index in [1.54, 1.807) is 11.8 Å². The van der Waals surface area contributed by atoms with Crippen LogP contribution < -0.4 is 0 Å². The third kappa shape index (κ3) is 2.79. The lowest BCUT2D eigenvalue weighted by Crippen LogP contribution is -2.18. The van der Waals surface area contributed by atoms with E-state index in [1.807, 2.05) is 20.8 Å². The van der Waals surface area contributed by atoms with Gasteiger partial charge in [0.1, 0.15) is 21.6 Å².